The molecule has 0 aliphatic carbocycles. The van der Waals surface area contributed by atoms with Crippen molar-refractivity contribution >= 4 is 22.3 Å². The van der Waals surface area contributed by atoms with Gasteiger partial charge in [0, 0.05) is 38.9 Å². The minimum Gasteiger partial charge on any atom is -0.370 e. The third-order valence-electron chi connectivity index (χ3n) is 6.32. The number of likely N-dealkylation sites (tertiary alicyclic amines) is 1. The molecule has 0 atom stereocenters. The van der Waals surface area contributed by atoms with E-state index in [1.807, 2.05) is 13.1 Å². The molecule has 2 N–H and O–H groups in total. The van der Waals surface area contributed by atoms with Gasteiger partial charge in [0.2, 0.25) is 0 Å². The summed E-state index contributed by atoms with van der Waals surface area (Å²) < 4.78 is 0. The maximum absolute atomic E-state index is 6.29. The van der Waals surface area contributed by atoms with Gasteiger partial charge in [-0.05, 0) is 52.5 Å². The van der Waals surface area contributed by atoms with Crippen LogP contribution in [0.2, 0.25) is 0 Å². The molecule has 1 heterocycles. The molecule has 1 aliphatic rings. The van der Waals surface area contributed by atoms with E-state index in [-0.39, 0.29) is 0 Å². The second-order valence-electron chi connectivity index (χ2n) is 8.49. The van der Waals surface area contributed by atoms with Gasteiger partial charge in [-0.15, -0.1) is 0 Å². The lowest BCUT2D eigenvalue weighted by Gasteiger charge is -2.37. The van der Waals surface area contributed by atoms with Crippen LogP contribution < -0.4 is 5.73 Å². The molecule has 1 fully saturated rings. The van der Waals surface area contributed by atoms with Crippen LogP contribution in [0.1, 0.15) is 24.0 Å². The van der Waals surface area contributed by atoms with Gasteiger partial charge < -0.3 is 10.6 Å². The number of hydrogen-bond donors (Lipinski definition) is 1. The number of fused-ring (bicyclic) bond motifs is 1. The van der Waals surface area contributed by atoms with Crippen LogP contribution in [0.5, 0.6) is 0 Å². The number of piperidine rings is 1. The normalized spacial score (nSPS) is 16.0. The lowest BCUT2D eigenvalue weighted by molar-refractivity contribution is 0.159. The van der Waals surface area contributed by atoms with Crippen LogP contribution in [0.25, 0.3) is 16.3 Å². The third-order valence-corrected chi connectivity index (χ3v) is 6.32. The number of rotatable bonds is 6. The van der Waals surface area contributed by atoms with Gasteiger partial charge >= 0.3 is 0 Å². The first kappa shape index (κ1) is 21.8. The molecule has 0 amide bonds. The number of aliphatic imine (C=N–C) groups is 1. The number of nitrogens with two attached hydrogens (primary N) is 1. The fourth-order valence-electron chi connectivity index (χ4n) is 4.27. The standard InChI is InChI=1S/C28H32N4/c1-22(25-13-12-24-10-6-7-11-26(24)20-25)14-17-30-28(29)31(2)27-15-18-32(19-16-27)21-23-8-4-3-5-9-23/h3-14,17,20,27H,1,15-16,18-19,21H2,2H3,(H2,29,30)/b17-14-. The maximum atomic E-state index is 6.29. The van der Waals surface area contributed by atoms with Crippen LogP contribution >= 0.6 is 0 Å². The summed E-state index contributed by atoms with van der Waals surface area (Å²) in [5.74, 6) is 0.550. The second kappa shape index (κ2) is 10.3. The molecular weight excluding hydrogens is 392 g/mol. The maximum Gasteiger partial charge on any atom is 0.195 e. The largest absolute Gasteiger partial charge is 0.370 e. The van der Waals surface area contributed by atoms with Crippen LogP contribution in [0, 0.1) is 0 Å². The van der Waals surface area contributed by atoms with Crippen LogP contribution in [0.3, 0.4) is 0 Å². The number of benzene rings is 3. The van der Waals surface area contributed by atoms with Crippen molar-refractivity contribution in [1.82, 2.24) is 9.80 Å². The second-order valence-corrected chi connectivity index (χ2v) is 8.49. The van der Waals surface area contributed by atoms with E-state index >= 15 is 0 Å². The van der Waals surface area contributed by atoms with E-state index in [0.29, 0.717) is 12.0 Å². The number of allylic oxidation sites excluding steroid dienone is 2. The Kier molecular flexibility index (Phi) is 7.03. The summed E-state index contributed by atoms with van der Waals surface area (Å²) in [6.45, 7) is 7.35. The van der Waals surface area contributed by atoms with Gasteiger partial charge in [-0.2, -0.15) is 0 Å². The van der Waals surface area contributed by atoms with Crippen molar-refractivity contribution in [2.24, 2.45) is 10.7 Å². The lowest BCUT2D eigenvalue weighted by atomic mass is 10.0. The molecule has 0 spiro atoms. The van der Waals surface area contributed by atoms with E-state index in [4.69, 9.17) is 5.73 Å². The first-order valence-corrected chi connectivity index (χ1v) is 11.3. The molecular formula is C28H32N4. The molecule has 1 saturated heterocycles. The highest BCUT2D eigenvalue weighted by Crippen LogP contribution is 2.21. The van der Waals surface area contributed by atoms with Crippen molar-refractivity contribution in [3.05, 3.63) is 103 Å². The molecule has 164 valence electrons. The Balaban J connectivity index is 1.30. The SMILES string of the molecule is C=C(/C=C\N=C(N)N(C)C1CCN(Cc2ccccc2)CC1)c1ccc2ccccc2c1. The highest BCUT2D eigenvalue weighted by Gasteiger charge is 2.23. The quantitative estimate of drug-likeness (QED) is 0.333. The fourth-order valence-corrected chi connectivity index (χ4v) is 4.27. The average molecular weight is 425 g/mol. The van der Waals surface area contributed by atoms with Crippen LogP contribution in [-0.4, -0.2) is 41.9 Å². The summed E-state index contributed by atoms with van der Waals surface area (Å²) in [4.78, 5) is 9.11. The van der Waals surface area contributed by atoms with Crippen LogP contribution in [-0.2, 0) is 6.54 Å². The van der Waals surface area contributed by atoms with Gasteiger partial charge in [0.1, 0.15) is 0 Å². The van der Waals surface area contributed by atoms with Crippen LogP contribution in [0.15, 0.2) is 96.6 Å². The molecule has 32 heavy (non-hydrogen) atoms. The Morgan fingerprint density at radius 3 is 2.47 bits per heavy atom. The van der Waals surface area contributed by atoms with Crippen LogP contribution in [0.4, 0.5) is 0 Å². The highest BCUT2D eigenvalue weighted by molar-refractivity contribution is 5.87. The smallest absolute Gasteiger partial charge is 0.195 e. The van der Waals surface area contributed by atoms with E-state index in [0.717, 1.165) is 43.6 Å². The summed E-state index contributed by atoms with van der Waals surface area (Å²) in [5, 5.41) is 2.44. The van der Waals surface area contributed by atoms with Gasteiger partial charge in [-0.1, -0.05) is 73.3 Å². The summed E-state index contributed by atoms with van der Waals surface area (Å²) in [6, 6.07) is 25.8. The Hall–Kier alpha value is -3.37. The van der Waals surface area contributed by atoms with Crippen molar-refractivity contribution < 1.29 is 0 Å². The molecule has 1 aliphatic heterocycles. The predicted molar refractivity (Wildman–Crippen MR) is 136 cm³/mol. The molecule has 0 unspecified atom stereocenters. The van der Waals surface area contributed by atoms with Gasteiger partial charge in [0.25, 0.3) is 0 Å². The van der Waals surface area contributed by atoms with Gasteiger partial charge in [0.15, 0.2) is 5.96 Å². The molecule has 3 aromatic rings. The number of hydrogen-bond acceptors (Lipinski definition) is 2. The van der Waals surface area contributed by atoms with E-state index in [2.05, 4.69) is 94.2 Å². The van der Waals surface area contributed by atoms with Crippen molar-refractivity contribution in [1.29, 1.82) is 0 Å². The van der Waals surface area contributed by atoms with Gasteiger partial charge in [-0.25, -0.2) is 4.99 Å². The molecule has 0 saturated carbocycles. The molecule has 4 rings (SSSR count). The zero-order valence-electron chi connectivity index (χ0n) is 18.8. The highest BCUT2D eigenvalue weighted by atomic mass is 15.3. The van der Waals surface area contributed by atoms with Crippen molar-refractivity contribution in [3.63, 3.8) is 0 Å². The Morgan fingerprint density at radius 1 is 1.03 bits per heavy atom. The third kappa shape index (κ3) is 5.45. The first-order valence-electron chi connectivity index (χ1n) is 11.3. The summed E-state index contributed by atoms with van der Waals surface area (Å²) >= 11 is 0. The van der Waals surface area contributed by atoms with Gasteiger partial charge in [-0.3, -0.25) is 4.90 Å². The fraction of sp³-hybridized carbons (Fsp3) is 0.250. The lowest BCUT2D eigenvalue weighted by Crippen LogP contribution is -2.47. The number of guanidine groups is 1. The summed E-state index contributed by atoms with van der Waals surface area (Å²) in [6.07, 6.45) is 5.86. The topological polar surface area (TPSA) is 44.9 Å². The molecule has 4 nitrogen and oxygen atoms in total. The zero-order valence-corrected chi connectivity index (χ0v) is 18.8. The Labute approximate surface area is 191 Å². The number of nitrogens with zero attached hydrogens (tertiary/aromatic N) is 3. The van der Waals surface area contributed by atoms with E-state index in [1.165, 1.54) is 16.3 Å². The van der Waals surface area contributed by atoms with Crippen molar-refractivity contribution in [2.45, 2.75) is 25.4 Å². The first-order chi connectivity index (χ1) is 15.6. The predicted octanol–water partition coefficient (Wildman–Crippen LogP) is 5.28. The monoisotopic (exact) mass is 424 g/mol. The Bertz CT molecular complexity index is 1110. The van der Waals surface area contributed by atoms with Crippen molar-refractivity contribution in [2.75, 3.05) is 20.1 Å². The molecule has 0 aromatic heterocycles. The average Bonchev–Trinajstić information content (AvgIpc) is 2.84. The molecule has 0 radical (unpaired) electrons. The zero-order chi connectivity index (χ0) is 22.3. The minimum absolute atomic E-state index is 0.419. The van der Waals surface area contributed by atoms with Crippen molar-refractivity contribution in [3.8, 4) is 0 Å². The Morgan fingerprint density at radius 2 is 1.72 bits per heavy atom. The van der Waals surface area contributed by atoms with Gasteiger partial charge in [0.05, 0.1) is 0 Å². The molecule has 3 aromatic carbocycles. The van der Waals surface area contributed by atoms with E-state index in [1.54, 1.807) is 6.20 Å². The minimum atomic E-state index is 0.419. The van der Waals surface area contributed by atoms with E-state index < -0.39 is 0 Å². The summed E-state index contributed by atoms with van der Waals surface area (Å²) in [5.41, 5.74) is 9.67. The molecule has 4 heteroatoms. The summed E-state index contributed by atoms with van der Waals surface area (Å²) in [7, 11) is 2.04. The molecule has 0 bridgehead atoms. The van der Waals surface area contributed by atoms with E-state index in [9.17, 15) is 0 Å².